The van der Waals surface area contributed by atoms with E-state index in [1.54, 1.807) is 5.56 Å². The molecule has 1 aliphatic rings. The number of rotatable bonds is 4. The third-order valence-corrected chi connectivity index (χ3v) is 5.18. The van der Waals surface area contributed by atoms with Gasteiger partial charge >= 0.3 is 0 Å². The summed E-state index contributed by atoms with van der Waals surface area (Å²) in [5, 5.41) is 0. The van der Waals surface area contributed by atoms with Gasteiger partial charge in [0.1, 0.15) is 0 Å². The molecule has 0 aliphatic heterocycles. The van der Waals surface area contributed by atoms with Crippen LogP contribution in [0.1, 0.15) is 55.2 Å². The van der Waals surface area contributed by atoms with Crippen molar-refractivity contribution in [2.75, 3.05) is 5.73 Å². The van der Waals surface area contributed by atoms with E-state index in [0.29, 0.717) is 0 Å². The molecular formula is C21H27N. The third-order valence-electron chi connectivity index (χ3n) is 5.18. The largest absolute Gasteiger partial charge is 0.399 e. The molecule has 0 radical (unpaired) electrons. The molecule has 0 aromatic heterocycles. The lowest BCUT2D eigenvalue weighted by atomic mass is 9.76. The summed E-state index contributed by atoms with van der Waals surface area (Å²) in [6.45, 7) is 2.24. The van der Waals surface area contributed by atoms with E-state index < -0.39 is 0 Å². The van der Waals surface area contributed by atoms with E-state index >= 15 is 0 Å². The molecule has 1 heteroatoms. The van der Waals surface area contributed by atoms with Crippen molar-refractivity contribution in [1.29, 1.82) is 0 Å². The van der Waals surface area contributed by atoms with Crippen LogP contribution in [0.25, 0.3) is 0 Å². The zero-order chi connectivity index (χ0) is 15.4. The van der Waals surface area contributed by atoms with Crippen molar-refractivity contribution in [1.82, 2.24) is 0 Å². The summed E-state index contributed by atoms with van der Waals surface area (Å²) in [6.07, 6.45) is 7.73. The highest BCUT2D eigenvalue weighted by Crippen LogP contribution is 2.37. The number of nitrogens with two attached hydrogens (primary N) is 1. The number of benzene rings is 2. The summed E-state index contributed by atoms with van der Waals surface area (Å²) in [7, 11) is 0. The van der Waals surface area contributed by atoms with E-state index in [4.69, 9.17) is 5.73 Å². The highest BCUT2D eigenvalue weighted by atomic mass is 14.5. The van der Waals surface area contributed by atoms with Crippen LogP contribution < -0.4 is 5.73 Å². The van der Waals surface area contributed by atoms with E-state index in [1.165, 1.54) is 43.2 Å². The van der Waals surface area contributed by atoms with E-state index in [2.05, 4.69) is 43.3 Å². The van der Waals surface area contributed by atoms with Crippen LogP contribution in [-0.2, 0) is 12.8 Å². The molecule has 0 heterocycles. The Morgan fingerprint density at radius 3 is 2.32 bits per heavy atom. The van der Waals surface area contributed by atoms with Crippen molar-refractivity contribution >= 4 is 5.69 Å². The fourth-order valence-electron chi connectivity index (χ4n) is 3.75. The molecule has 22 heavy (non-hydrogen) atoms. The Morgan fingerprint density at radius 2 is 1.64 bits per heavy atom. The van der Waals surface area contributed by atoms with Gasteiger partial charge in [0.2, 0.25) is 0 Å². The van der Waals surface area contributed by atoms with Crippen molar-refractivity contribution in [3.05, 3.63) is 65.2 Å². The Kier molecular flexibility index (Phi) is 4.82. The highest BCUT2D eigenvalue weighted by Gasteiger charge is 2.22. The van der Waals surface area contributed by atoms with Crippen LogP contribution in [0.3, 0.4) is 0 Å². The Labute approximate surface area is 134 Å². The average Bonchev–Trinajstić information content (AvgIpc) is 2.58. The number of hydrogen-bond acceptors (Lipinski definition) is 1. The van der Waals surface area contributed by atoms with Gasteiger partial charge in [-0.3, -0.25) is 0 Å². The van der Waals surface area contributed by atoms with Crippen molar-refractivity contribution in [2.24, 2.45) is 5.92 Å². The first kappa shape index (κ1) is 15.1. The quantitative estimate of drug-likeness (QED) is 0.756. The Bertz CT molecular complexity index is 592. The fourth-order valence-corrected chi connectivity index (χ4v) is 3.75. The molecule has 1 aliphatic carbocycles. The molecule has 0 unspecified atom stereocenters. The second-order valence-electron chi connectivity index (χ2n) is 6.76. The molecule has 3 rings (SSSR count). The van der Waals surface area contributed by atoms with Crippen LogP contribution in [0.5, 0.6) is 0 Å². The molecule has 0 atom stereocenters. The lowest BCUT2D eigenvalue weighted by Crippen LogP contribution is -2.15. The van der Waals surface area contributed by atoms with Crippen LogP contribution in [-0.4, -0.2) is 0 Å². The van der Waals surface area contributed by atoms with Gasteiger partial charge < -0.3 is 5.73 Å². The van der Waals surface area contributed by atoms with Crippen LogP contribution in [0.15, 0.2) is 48.5 Å². The first-order chi connectivity index (χ1) is 10.7. The van der Waals surface area contributed by atoms with E-state index in [9.17, 15) is 0 Å². The smallest absolute Gasteiger partial charge is 0.0314 e. The van der Waals surface area contributed by atoms with Crippen molar-refractivity contribution in [2.45, 2.75) is 51.4 Å². The molecule has 0 amide bonds. The molecule has 2 aromatic carbocycles. The number of anilines is 1. The molecule has 0 spiro atoms. The maximum Gasteiger partial charge on any atom is 0.0314 e. The van der Waals surface area contributed by atoms with Gasteiger partial charge in [0.25, 0.3) is 0 Å². The summed E-state index contributed by atoms with van der Waals surface area (Å²) in [5.41, 5.74) is 11.1. The zero-order valence-electron chi connectivity index (χ0n) is 13.6. The van der Waals surface area contributed by atoms with E-state index in [-0.39, 0.29) is 0 Å². The molecule has 1 nitrogen and oxygen atoms in total. The molecule has 116 valence electrons. The first-order valence-corrected chi connectivity index (χ1v) is 8.68. The lowest BCUT2D eigenvalue weighted by Gasteiger charge is -2.29. The van der Waals surface area contributed by atoms with Gasteiger partial charge in [0.15, 0.2) is 0 Å². The molecule has 1 fully saturated rings. The molecule has 0 bridgehead atoms. The van der Waals surface area contributed by atoms with Gasteiger partial charge in [-0.1, -0.05) is 43.3 Å². The minimum atomic E-state index is 0.772. The van der Waals surface area contributed by atoms with Crippen LogP contribution in [0.4, 0.5) is 5.69 Å². The molecule has 1 saturated carbocycles. The van der Waals surface area contributed by atoms with E-state index in [1.807, 2.05) is 12.1 Å². The number of nitrogen functional groups attached to an aromatic ring is 1. The predicted octanol–water partition coefficient (Wildman–Crippen LogP) is 5.35. The summed E-state index contributed by atoms with van der Waals surface area (Å²) in [4.78, 5) is 0. The normalized spacial score (nSPS) is 21.7. The molecule has 2 N–H and O–H groups in total. The second-order valence-corrected chi connectivity index (χ2v) is 6.76. The van der Waals surface area contributed by atoms with Gasteiger partial charge in [0, 0.05) is 5.69 Å². The fraction of sp³-hybridized carbons (Fsp3) is 0.429. The summed E-state index contributed by atoms with van der Waals surface area (Å²) >= 11 is 0. The van der Waals surface area contributed by atoms with Crippen LogP contribution in [0.2, 0.25) is 0 Å². The summed E-state index contributed by atoms with van der Waals surface area (Å²) < 4.78 is 0. The summed E-state index contributed by atoms with van der Waals surface area (Å²) in [5.74, 6) is 1.61. The minimum Gasteiger partial charge on any atom is -0.399 e. The van der Waals surface area contributed by atoms with Crippen molar-refractivity contribution in [3.8, 4) is 0 Å². The first-order valence-electron chi connectivity index (χ1n) is 8.68. The standard InChI is InChI=1S/C21H27N/c1-2-16-4-3-5-20(15-16)19-10-6-17(7-11-19)14-18-8-12-21(22)13-9-18/h3-5,8-9,12-13,15,17,19H,2,6-7,10-11,14,22H2,1H3. The SMILES string of the molecule is CCc1cccc(C2CCC(Cc3ccc(N)cc3)CC2)c1. The van der Waals surface area contributed by atoms with Gasteiger partial charge in [-0.25, -0.2) is 0 Å². The van der Waals surface area contributed by atoms with Gasteiger partial charge in [-0.15, -0.1) is 0 Å². The Morgan fingerprint density at radius 1 is 0.909 bits per heavy atom. The molecular weight excluding hydrogens is 266 g/mol. The third kappa shape index (κ3) is 3.71. The lowest BCUT2D eigenvalue weighted by molar-refractivity contribution is 0.324. The van der Waals surface area contributed by atoms with Gasteiger partial charge in [0.05, 0.1) is 0 Å². The van der Waals surface area contributed by atoms with Crippen LogP contribution >= 0.6 is 0 Å². The van der Waals surface area contributed by atoms with Gasteiger partial charge in [-0.05, 0) is 79.2 Å². The topological polar surface area (TPSA) is 26.0 Å². The summed E-state index contributed by atoms with van der Waals surface area (Å²) in [6, 6.07) is 17.6. The number of hydrogen-bond donors (Lipinski definition) is 1. The van der Waals surface area contributed by atoms with Crippen LogP contribution in [0, 0.1) is 5.92 Å². The highest BCUT2D eigenvalue weighted by molar-refractivity contribution is 5.39. The van der Waals surface area contributed by atoms with Crippen molar-refractivity contribution in [3.63, 3.8) is 0 Å². The van der Waals surface area contributed by atoms with E-state index in [0.717, 1.165) is 23.9 Å². The monoisotopic (exact) mass is 293 g/mol. The Balaban J connectivity index is 1.56. The second kappa shape index (κ2) is 7.00. The minimum absolute atomic E-state index is 0.772. The number of aryl methyl sites for hydroxylation is 1. The van der Waals surface area contributed by atoms with Crippen molar-refractivity contribution < 1.29 is 0 Å². The molecule has 0 saturated heterocycles. The van der Waals surface area contributed by atoms with Gasteiger partial charge in [-0.2, -0.15) is 0 Å². The Hall–Kier alpha value is -1.76. The average molecular weight is 293 g/mol. The molecule has 2 aromatic rings. The maximum atomic E-state index is 5.77. The maximum absolute atomic E-state index is 5.77. The zero-order valence-corrected chi connectivity index (χ0v) is 13.6. The predicted molar refractivity (Wildman–Crippen MR) is 95.1 cm³/mol.